The second-order valence-corrected chi connectivity index (χ2v) is 5.44. The molecule has 4 nitrogen and oxygen atoms in total. The maximum absolute atomic E-state index is 4.18. The van der Waals surface area contributed by atoms with Gasteiger partial charge in [-0.25, -0.2) is 0 Å². The maximum Gasteiger partial charge on any atom is 0.0963 e. The van der Waals surface area contributed by atoms with Crippen LogP contribution in [-0.2, 0) is 6.54 Å². The fourth-order valence-electron chi connectivity index (χ4n) is 2.03. The van der Waals surface area contributed by atoms with E-state index in [0.29, 0.717) is 4.83 Å². The molecule has 1 aromatic rings. The molecule has 5 heteroatoms. The number of hydrogen-bond acceptors (Lipinski definition) is 3. The van der Waals surface area contributed by atoms with Crippen molar-refractivity contribution in [3.05, 3.63) is 11.9 Å². The van der Waals surface area contributed by atoms with Crippen molar-refractivity contribution in [1.82, 2.24) is 19.9 Å². The van der Waals surface area contributed by atoms with Crippen molar-refractivity contribution in [1.29, 1.82) is 0 Å². The van der Waals surface area contributed by atoms with Crippen molar-refractivity contribution in [2.75, 3.05) is 19.6 Å². The summed E-state index contributed by atoms with van der Waals surface area (Å²) in [4.78, 5) is 2.83. The Labute approximate surface area is 105 Å². The zero-order valence-corrected chi connectivity index (χ0v) is 11.4. The van der Waals surface area contributed by atoms with Gasteiger partial charge in [-0.05, 0) is 32.4 Å². The maximum atomic E-state index is 4.18. The molecule has 1 unspecified atom stereocenters. The molecule has 0 amide bonds. The van der Waals surface area contributed by atoms with Crippen LogP contribution in [0.4, 0.5) is 0 Å². The number of likely N-dealkylation sites (tertiary alicyclic amines) is 1. The standard InChI is InChI=1S/C11H19BrN4/c1-2-10(12)11-9-16(14-13-11)8-7-15-5-3-4-6-15/h9-10H,2-8H2,1H3. The van der Waals surface area contributed by atoms with Crippen LogP contribution in [0.5, 0.6) is 0 Å². The number of nitrogens with zero attached hydrogens (tertiary/aromatic N) is 4. The molecule has 1 aliphatic heterocycles. The molecule has 1 aliphatic rings. The molecule has 0 spiro atoms. The second kappa shape index (κ2) is 5.77. The van der Waals surface area contributed by atoms with Crippen molar-refractivity contribution < 1.29 is 0 Å². The van der Waals surface area contributed by atoms with Gasteiger partial charge in [-0.2, -0.15) is 0 Å². The Balaban J connectivity index is 1.82. The molecule has 1 atom stereocenters. The van der Waals surface area contributed by atoms with E-state index in [4.69, 9.17) is 0 Å². The van der Waals surface area contributed by atoms with E-state index in [1.165, 1.54) is 25.9 Å². The summed E-state index contributed by atoms with van der Waals surface area (Å²) >= 11 is 3.59. The third-order valence-corrected chi connectivity index (χ3v) is 4.20. The fourth-order valence-corrected chi connectivity index (χ4v) is 2.24. The van der Waals surface area contributed by atoms with Crippen LogP contribution >= 0.6 is 15.9 Å². The summed E-state index contributed by atoms with van der Waals surface area (Å²) in [6.07, 6.45) is 5.80. The van der Waals surface area contributed by atoms with Crippen molar-refractivity contribution in [2.45, 2.75) is 37.6 Å². The highest BCUT2D eigenvalue weighted by molar-refractivity contribution is 9.09. The van der Waals surface area contributed by atoms with Crippen LogP contribution in [0.15, 0.2) is 6.20 Å². The molecule has 0 bridgehead atoms. The second-order valence-electron chi connectivity index (χ2n) is 4.33. The molecule has 0 N–H and O–H groups in total. The molecule has 90 valence electrons. The van der Waals surface area contributed by atoms with E-state index in [2.05, 4.69) is 44.3 Å². The average Bonchev–Trinajstić information content (AvgIpc) is 2.96. The van der Waals surface area contributed by atoms with E-state index in [0.717, 1.165) is 25.2 Å². The van der Waals surface area contributed by atoms with Crippen LogP contribution in [0, 0.1) is 0 Å². The predicted octanol–water partition coefficient (Wildman–Crippen LogP) is 2.22. The normalized spacial score (nSPS) is 19.1. The lowest BCUT2D eigenvalue weighted by Gasteiger charge is -2.13. The van der Waals surface area contributed by atoms with Crippen LogP contribution < -0.4 is 0 Å². The molecule has 2 heterocycles. The van der Waals surface area contributed by atoms with Gasteiger partial charge in [0.15, 0.2) is 0 Å². The lowest BCUT2D eigenvalue weighted by atomic mass is 10.3. The lowest BCUT2D eigenvalue weighted by molar-refractivity contribution is 0.314. The van der Waals surface area contributed by atoms with Crippen LogP contribution in [0.2, 0.25) is 0 Å². The van der Waals surface area contributed by atoms with Gasteiger partial charge in [0.25, 0.3) is 0 Å². The Hall–Kier alpha value is -0.420. The fraction of sp³-hybridized carbons (Fsp3) is 0.818. The molecular formula is C11H19BrN4. The molecular weight excluding hydrogens is 268 g/mol. The van der Waals surface area contributed by atoms with Gasteiger partial charge in [0.05, 0.1) is 17.1 Å². The van der Waals surface area contributed by atoms with E-state index < -0.39 is 0 Å². The van der Waals surface area contributed by atoms with Crippen molar-refractivity contribution in [2.24, 2.45) is 0 Å². The van der Waals surface area contributed by atoms with E-state index in [1.54, 1.807) is 0 Å². The molecule has 2 rings (SSSR count). The minimum atomic E-state index is 0.341. The Bertz CT molecular complexity index is 320. The topological polar surface area (TPSA) is 34.0 Å². The van der Waals surface area contributed by atoms with Gasteiger partial charge < -0.3 is 4.90 Å². The van der Waals surface area contributed by atoms with Crippen LogP contribution in [0.25, 0.3) is 0 Å². The third kappa shape index (κ3) is 3.04. The van der Waals surface area contributed by atoms with Crippen molar-refractivity contribution in [3.8, 4) is 0 Å². The predicted molar refractivity (Wildman–Crippen MR) is 67.7 cm³/mol. The zero-order valence-electron chi connectivity index (χ0n) is 9.77. The quantitative estimate of drug-likeness (QED) is 0.779. The van der Waals surface area contributed by atoms with Gasteiger partial charge in [0, 0.05) is 12.7 Å². The Morgan fingerprint density at radius 2 is 2.12 bits per heavy atom. The Morgan fingerprint density at radius 1 is 1.38 bits per heavy atom. The molecule has 0 saturated carbocycles. The molecule has 0 aromatic carbocycles. The molecule has 1 fully saturated rings. The highest BCUT2D eigenvalue weighted by Gasteiger charge is 2.12. The number of aromatic nitrogens is 3. The first-order valence-corrected chi connectivity index (χ1v) is 6.97. The van der Waals surface area contributed by atoms with Crippen molar-refractivity contribution >= 4 is 15.9 Å². The van der Waals surface area contributed by atoms with Crippen LogP contribution in [0.1, 0.15) is 36.7 Å². The Morgan fingerprint density at radius 3 is 2.81 bits per heavy atom. The van der Waals surface area contributed by atoms with E-state index >= 15 is 0 Å². The van der Waals surface area contributed by atoms with Crippen LogP contribution in [-0.4, -0.2) is 39.5 Å². The van der Waals surface area contributed by atoms with Crippen LogP contribution in [0.3, 0.4) is 0 Å². The summed E-state index contributed by atoms with van der Waals surface area (Å²) in [5, 5.41) is 8.34. The summed E-state index contributed by atoms with van der Waals surface area (Å²) in [5.41, 5.74) is 1.05. The number of alkyl halides is 1. The smallest absolute Gasteiger partial charge is 0.0963 e. The summed E-state index contributed by atoms with van der Waals surface area (Å²) in [7, 11) is 0. The van der Waals surface area contributed by atoms with Crippen molar-refractivity contribution in [3.63, 3.8) is 0 Å². The van der Waals surface area contributed by atoms with E-state index in [1.807, 2.05) is 4.68 Å². The number of hydrogen-bond donors (Lipinski definition) is 0. The first-order chi connectivity index (χ1) is 7.79. The Kier molecular flexibility index (Phi) is 4.35. The number of halogens is 1. The largest absolute Gasteiger partial charge is 0.301 e. The number of rotatable bonds is 5. The SMILES string of the molecule is CCC(Br)c1cn(CCN2CCCC2)nn1. The van der Waals surface area contributed by atoms with Gasteiger partial charge >= 0.3 is 0 Å². The van der Waals surface area contributed by atoms with Gasteiger partial charge in [-0.15, -0.1) is 5.10 Å². The highest BCUT2D eigenvalue weighted by atomic mass is 79.9. The molecule has 1 saturated heterocycles. The minimum Gasteiger partial charge on any atom is -0.301 e. The molecule has 16 heavy (non-hydrogen) atoms. The summed E-state index contributed by atoms with van der Waals surface area (Å²) in [6.45, 7) is 6.69. The summed E-state index contributed by atoms with van der Waals surface area (Å²) in [5.74, 6) is 0. The first-order valence-electron chi connectivity index (χ1n) is 6.06. The minimum absolute atomic E-state index is 0.341. The highest BCUT2D eigenvalue weighted by Crippen LogP contribution is 2.23. The lowest BCUT2D eigenvalue weighted by Crippen LogP contribution is -2.24. The first kappa shape index (κ1) is 12.0. The summed E-state index contributed by atoms with van der Waals surface area (Å²) in [6, 6.07) is 0. The zero-order chi connectivity index (χ0) is 11.4. The van der Waals surface area contributed by atoms with Gasteiger partial charge in [0.2, 0.25) is 0 Å². The van der Waals surface area contributed by atoms with Gasteiger partial charge in [-0.3, -0.25) is 4.68 Å². The third-order valence-electron chi connectivity index (χ3n) is 3.08. The molecule has 1 aromatic heterocycles. The monoisotopic (exact) mass is 286 g/mol. The van der Waals surface area contributed by atoms with E-state index in [9.17, 15) is 0 Å². The van der Waals surface area contributed by atoms with Gasteiger partial charge in [0.1, 0.15) is 0 Å². The van der Waals surface area contributed by atoms with Gasteiger partial charge in [-0.1, -0.05) is 28.1 Å². The molecule has 0 radical (unpaired) electrons. The average molecular weight is 287 g/mol. The molecule has 0 aliphatic carbocycles. The van der Waals surface area contributed by atoms with E-state index in [-0.39, 0.29) is 0 Å². The summed E-state index contributed by atoms with van der Waals surface area (Å²) < 4.78 is 1.96.